The second-order valence-electron chi connectivity index (χ2n) is 22.4. The molecule has 0 N–H and O–H groups in total. The van der Waals surface area contributed by atoms with Crippen LogP contribution >= 0.6 is 0 Å². The molecule has 0 amide bonds. The summed E-state index contributed by atoms with van der Waals surface area (Å²) >= 11 is 0. The number of aromatic nitrogens is 3. The largest absolute Gasteiger partial charge is 0.311 e. The van der Waals surface area contributed by atoms with Crippen molar-refractivity contribution in [2.75, 3.05) is 9.80 Å². The maximum atomic E-state index is 9.81. The van der Waals surface area contributed by atoms with Gasteiger partial charge in [0, 0.05) is 88.6 Å². The number of hydrogen-bond acceptors (Lipinski definition) is 2. The Morgan fingerprint density at radius 3 is 1.51 bits per heavy atom. The van der Waals surface area contributed by atoms with E-state index in [0.717, 1.165) is 133 Å². The van der Waals surface area contributed by atoms with Crippen LogP contribution < -0.4 is 26.2 Å². The fourth-order valence-corrected chi connectivity index (χ4v) is 14.9. The maximum Gasteiger partial charge on any atom is 0.253 e. The van der Waals surface area contributed by atoms with Crippen LogP contribution in [-0.4, -0.2) is 20.2 Å². The molecule has 0 fully saturated rings. The predicted octanol–water partition coefficient (Wildman–Crippen LogP) is 18.4. The lowest BCUT2D eigenvalue weighted by molar-refractivity contribution is 1.13. The quantitative estimate of drug-likeness (QED) is 0.155. The highest BCUT2D eigenvalue weighted by Crippen LogP contribution is 2.50. The highest BCUT2D eigenvalue weighted by atomic mass is 15.2. The molecule has 0 atom stereocenters. The van der Waals surface area contributed by atoms with E-state index in [-0.39, 0.29) is 17.8 Å². The van der Waals surface area contributed by atoms with Crippen molar-refractivity contribution in [3.05, 3.63) is 291 Å². The summed E-state index contributed by atoms with van der Waals surface area (Å²) in [5.41, 5.74) is 21.6. The first-order valence-electron chi connectivity index (χ1n) is 31.2. The lowest BCUT2D eigenvalue weighted by Crippen LogP contribution is -2.61. The van der Waals surface area contributed by atoms with E-state index in [1.54, 1.807) is 0 Å². The van der Waals surface area contributed by atoms with Crippen LogP contribution in [0.3, 0.4) is 0 Å². The zero-order chi connectivity index (χ0) is 59.1. The SMILES string of the molecule is [2H]c1c([2H])c([2H])c(N2c3cccc4c3B(c3cc5c6cccc7c8ccccc8n(c5cc3N4c3ccc(-c4ccccc4)c(-c4ccccc4)c3)c76)c3c2ccc2c3c3ccccc3n2-c2cccc(-n3c4ccccc4c4ccccc43)c2)c([2H])c1[2H]. The topological polar surface area (TPSA) is 20.8 Å². The minimum atomic E-state index is -0.439. The van der Waals surface area contributed by atoms with Crippen LogP contribution in [0.1, 0.15) is 6.85 Å². The molecule has 0 bridgehead atoms. The summed E-state index contributed by atoms with van der Waals surface area (Å²) in [6.45, 7) is -0.436. The third-order valence-corrected chi connectivity index (χ3v) is 18.2. The number of hydrogen-bond donors (Lipinski definition) is 0. The molecule has 13 aromatic carbocycles. The van der Waals surface area contributed by atoms with E-state index in [0.29, 0.717) is 0 Å². The molecule has 388 valence electrons. The number of rotatable bonds is 6. The molecule has 4 aromatic heterocycles. The van der Waals surface area contributed by atoms with E-state index < -0.39 is 24.8 Å². The molecular weight excluding hydrogens is 1020 g/mol. The van der Waals surface area contributed by atoms with Crippen molar-refractivity contribution in [2.45, 2.75) is 0 Å². The molecule has 0 radical (unpaired) electrons. The third kappa shape index (κ3) is 6.18. The fraction of sp³-hybridized carbons (Fsp3) is 0. The lowest BCUT2D eigenvalue weighted by atomic mass is 9.33. The van der Waals surface area contributed by atoms with Crippen LogP contribution in [-0.2, 0) is 0 Å². The summed E-state index contributed by atoms with van der Waals surface area (Å²) in [6, 6.07) is 91.9. The molecule has 5 nitrogen and oxygen atoms in total. The number of anilines is 6. The lowest BCUT2D eigenvalue weighted by Gasteiger charge is -2.44. The van der Waals surface area contributed by atoms with Crippen LogP contribution in [0.25, 0.3) is 115 Å². The van der Waals surface area contributed by atoms with Crippen molar-refractivity contribution >= 4 is 139 Å². The van der Waals surface area contributed by atoms with Gasteiger partial charge in [-0.2, -0.15) is 0 Å². The number of nitrogens with zero attached hydrogens (tertiary/aromatic N) is 5. The highest BCUT2D eigenvalue weighted by Gasteiger charge is 2.45. The minimum absolute atomic E-state index is 0.0915. The van der Waals surface area contributed by atoms with Crippen molar-refractivity contribution in [1.29, 1.82) is 0 Å². The van der Waals surface area contributed by atoms with E-state index in [4.69, 9.17) is 1.37 Å². The summed E-state index contributed by atoms with van der Waals surface area (Å²) < 4.78 is 54.1. The Bertz CT molecular complexity index is 5830. The third-order valence-electron chi connectivity index (χ3n) is 18.2. The van der Waals surface area contributed by atoms with Gasteiger partial charge >= 0.3 is 0 Å². The van der Waals surface area contributed by atoms with Gasteiger partial charge in [-0.05, 0) is 136 Å². The molecule has 84 heavy (non-hydrogen) atoms. The van der Waals surface area contributed by atoms with Crippen molar-refractivity contribution in [1.82, 2.24) is 13.5 Å². The van der Waals surface area contributed by atoms with E-state index in [9.17, 15) is 5.48 Å². The van der Waals surface area contributed by atoms with Gasteiger partial charge in [0.15, 0.2) is 0 Å². The van der Waals surface area contributed by atoms with Crippen molar-refractivity contribution in [2.24, 2.45) is 0 Å². The smallest absolute Gasteiger partial charge is 0.253 e. The first kappa shape index (κ1) is 41.0. The Balaban J connectivity index is 0.949. The normalized spacial score (nSPS) is 13.8. The van der Waals surface area contributed by atoms with Gasteiger partial charge in [0.05, 0.1) is 45.5 Å². The Morgan fingerprint density at radius 1 is 0.298 bits per heavy atom. The molecule has 0 aliphatic carbocycles. The van der Waals surface area contributed by atoms with Crippen LogP contribution in [0.2, 0.25) is 0 Å². The molecule has 6 heteroatoms. The van der Waals surface area contributed by atoms with E-state index in [1.807, 2.05) is 4.90 Å². The molecule has 2 aliphatic heterocycles. The second kappa shape index (κ2) is 17.2. The average molecular weight is 1070 g/mol. The summed E-state index contributed by atoms with van der Waals surface area (Å²) in [7, 11) is 0. The minimum Gasteiger partial charge on any atom is -0.311 e. The number of benzene rings is 13. The Kier molecular flexibility index (Phi) is 8.41. The maximum absolute atomic E-state index is 9.81. The molecule has 2 aliphatic rings. The average Bonchev–Trinajstić information content (AvgIpc) is 1.58. The molecule has 0 unspecified atom stereocenters. The number of fused-ring (bicyclic) bond motifs is 17. The fourth-order valence-electron chi connectivity index (χ4n) is 14.9. The summed E-state index contributed by atoms with van der Waals surface area (Å²) in [4.78, 5) is 4.40. The standard InChI is InChI=1S/C78H48BN5/c1-4-21-49(22-5-1)55-42-41-54(46-62(55)50-23-6-2-7-24-50)83-71-40-20-39-70-76(71)79(64-47-63-60-34-19-33-59-58-31-12-16-37-67(58)84(78(59)60)73(63)48-74(64)83)77-72(80(70)51-25-8-3-9-26-51)44-43-69-75(77)61-32-13-17-38-68(61)82(69)53-28-18-27-52(45-53)81-65-35-14-10-29-56(65)57-30-11-15-36-66(57)81/h1-48H/i3D,8D,9D,25D,26D. The van der Waals surface area contributed by atoms with Gasteiger partial charge in [0.25, 0.3) is 6.71 Å². The van der Waals surface area contributed by atoms with Crippen LogP contribution in [0.5, 0.6) is 0 Å². The van der Waals surface area contributed by atoms with Crippen LogP contribution in [0, 0.1) is 0 Å². The second-order valence-corrected chi connectivity index (χ2v) is 22.4. The zero-order valence-electron chi connectivity index (χ0n) is 50.1. The monoisotopic (exact) mass is 1070 g/mol. The Hall–Kier alpha value is -11.1. The summed E-state index contributed by atoms with van der Waals surface area (Å²) in [5, 5.41) is 9.13. The highest BCUT2D eigenvalue weighted by molar-refractivity contribution is 7.02. The first-order valence-corrected chi connectivity index (χ1v) is 28.7. The van der Waals surface area contributed by atoms with E-state index >= 15 is 0 Å². The van der Waals surface area contributed by atoms with E-state index in [1.165, 1.54) is 27.1 Å². The molecule has 19 rings (SSSR count). The van der Waals surface area contributed by atoms with Gasteiger partial charge in [-0.3, -0.25) is 0 Å². The molecule has 6 heterocycles. The van der Waals surface area contributed by atoms with Gasteiger partial charge in [0.1, 0.15) is 0 Å². The van der Waals surface area contributed by atoms with Crippen LogP contribution in [0.4, 0.5) is 34.1 Å². The number of para-hydroxylation sites is 6. The van der Waals surface area contributed by atoms with Gasteiger partial charge < -0.3 is 23.3 Å². The van der Waals surface area contributed by atoms with Crippen molar-refractivity contribution in [3.8, 4) is 33.6 Å². The van der Waals surface area contributed by atoms with Gasteiger partial charge in [0.2, 0.25) is 0 Å². The van der Waals surface area contributed by atoms with Gasteiger partial charge in [-0.25, -0.2) is 0 Å². The van der Waals surface area contributed by atoms with E-state index in [2.05, 4.69) is 279 Å². The first-order chi connectivity index (χ1) is 43.8. The Labute approximate surface area is 491 Å². The molecular formula is C78H48BN5. The molecule has 0 saturated heterocycles. The van der Waals surface area contributed by atoms with Gasteiger partial charge in [-0.1, -0.05) is 194 Å². The predicted molar refractivity (Wildman–Crippen MR) is 355 cm³/mol. The molecule has 0 spiro atoms. The van der Waals surface area contributed by atoms with Crippen molar-refractivity contribution in [3.63, 3.8) is 0 Å². The van der Waals surface area contributed by atoms with Crippen LogP contribution in [0.15, 0.2) is 291 Å². The van der Waals surface area contributed by atoms with Gasteiger partial charge in [-0.15, -0.1) is 0 Å². The summed E-state index contributed by atoms with van der Waals surface area (Å²) in [5.74, 6) is 0. The zero-order valence-corrected chi connectivity index (χ0v) is 45.1. The van der Waals surface area contributed by atoms with Crippen molar-refractivity contribution < 1.29 is 6.85 Å². The molecule has 17 aromatic rings. The Morgan fingerprint density at radius 2 is 0.821 bits per heavy atom. The molecule has 0 saturated carbocycles. The summed E-state index contributed by atoms with van der Waals surface area (Å²) in [6.07, 6.45) is 0.